The molecular weight excluding hydrogens is 649 g/mol. The third-order valence-corrected chi connectivity index (χ3v) is 8.30. The summed E-state index contributed by atoms with van der Waals surface area (Å²) >= 11 is 0. The quantitative estimate of drug-likeness (QED) is 0.0288. The summed E-state index contributed by atoms with van der Waals surface area (Å²) in [5.74, 6) is -0.374. The van der Waals surface area contributed by atoms with Crippen molar-refractivity contribution in [2.75, 3.05) is 33.0 Å². The van der Waals surface area contributed by atoms with Crippen LogP contribution in [-0.4, -0.2) is 49.9 Å². The van der Waals surface area contributed by atoms with E-state index in [0.717, 1.165) is 77.0 Å². The minimum Gasteiger partial charge on any atom is -0.457 e. The van der Waals surface area contributed by atoms with E-state index in [4.69, 9.17) is 24.3 Å². The number of hydrogen-bond donors (Lipinski definition) is 2. The van der Waals surface area contributed by atoms with Gasteiger partial charge >= 0.3 is 13.8 Å². The first-order chi connectivity index (χ1) is 24.4. The molecule has 0 aliphatic carbocycles. The number of esters is 1. The average Bonchev–Trinajstić information content (AvgIpc) is 3.10. The lowest BCUT2D eigenvalue weighted by Crippen LogP contribution is -2.28. The molecule has 0 aliphatic rings. The molecule has 0 saturated carbocycles. The van der Waals surface area contributed by atoms with Crippen LogP contribution in [-0.2, 0) is 27.9 Å². The van der Waals surface area contributed by atoms with Crippen molar-refractivity contribution in [1.29, 1.82) is 0 Å². The van der Waals surface area contributed by atoms with Crippen LogP contribution < -0.4 is 5.73 Å². The second-order valence-corrected chi connectivity index (χ2v) is 13.5. The molecule has 2 unspecified atom stereocenters. The summed E-state index contributed by atoms with van der Waals surface area (Å²) in [6.45, 7) is 4.49. The number of hydrogen-bond acceptors (Lipinski definition) is 7. The zero-order chi connectivity index (χ0) is 36.6. The Morgan fingerprint density at radius 2 is 1.12 bits per heavy atom. The standard InChI is InChI=1S/C41H70NO7P/c1-3-5-7-9-11-13-15-17-19-21-23-25-27-29-31-33-36-46-38-40(39-48-50(44,45)47-37-35-42)49-41(43)34-32-30-28-26-24-22-20-18-16-14-12-10-8-6-4-2/h5,7,11-14,17-20,23,25,29,31,40H,3-4,6,8-10,15-16,21-22,24,26-28,30,32-39,42H2,1-2H3,(H,44,45)/b7-5-,13-11-,14-12-,19-17-,20-18-,25-23-,31-29-. The van der Waals surface area contributed by atoms with Gasteiger partial charge in [-0.2, -0.15) is 0 Å². The summed E-state index contributed by atoms with van der Waals surface area (Å²) in [4.78, 5) is 22.4. The van der Waals surface area contributed by atoms with Crippen molar-refractivity contribution in [3.05, 3.63) is 85.1 Å². The molecule has 0 aromatic heterocycles. The molecule has 0 amide bonds. The first-order valence-electron chi connectivity index (χ1n) is 19.1. The Bertz CT molecular complexity index is 1030. The average molecular weight is 720 g/mol. The van der Waals surface area contributed by atoms with Crippen LogP contribution in [0.15, 0.2) is 85.1 Å². The summed E-state index contributed by atoms with van der Waals surface area (Å²) < 4.78 is 33.2. The number of unbranched alkanes of at least 4 members (excludes halogenated alkanes) is 8. The van der Waals surface area contributed by atoms with Crippen molar-refractivity contribution < 1.29 is 32.8 Å². The van der Waals surface area contributed by atoms with Gasteiger partial charge < -0.3 is 20.1 Å². The van der Waals surface area contributed by atoms with Crippen LogP contribution in [0.5, 0.6) is 0 Å². The van der Waals surface area contributed by atoms with Gasteiger partial charge in [-0.1, -0.05) is 131 Å². The summed E-state index contributed by atoms with van der Waals surface area (Å²) in [6.07, 6.45) is 47.6. The minimum atomic E-state index is -4.30. The van der Waals surface area contributed by atoms with Gasteiger partial charge in [-0.15, -0.1) is 0 Å². The van der Waals surface area contributed by atoms with Crippen molar-refractivity contribution >= 4 is 13.8 Å². The van der Waals surface area contributed by atoms with Gasteiger partial charge in [-0.25, -0.2) is 4.57 Å². The van der Waals surface area contributed by atoms with E-state index >= 15 is 0 Å². The van der Waals surface area contributed by atoms with Gasteiger partial charge in [0.2, 0.25) is 0 Å². The van der Waals surface area contributed by atoms with E-state index in [9.17, 15) is 14.3 Å². The van der Waals surface area contributed by atoms with Crippen molar-refractivity contribution in [3.63, 3.8) is 0 Å². The molecule has 0 saturated heterocycles. The number of carbonyl (C=O) groups is 1. The highest BCUT2D eigenvalue weighted by Crippen LogP contribution is 2.43. The molecule has 0 heterocycles. The molecule has 0 bridgehead atoms. The van der Waals surface area contributed by atoms with E-state index in [1.54, 1.807) is 0 Å². The van der Waals surface area contributed by atoms with Crippen LogP contribution in [0, 0.1) is 0 Å². The first-order valence-corrected chi connectivity index (χ1v) is 20.6. The number of rotatable bonds is 35. The highest BCUT2D eigenvalue weighted by Gasteiger charge is 2.25. The van der Waals surface area contributed by atoms with E-state index < -0.39 is 13.9 Å². The van der Waals surface area contributed by atoms with Gasteiger partial charge in [0, 0.05) is 13.0 Å². The van der Waals surface area contributed by atoms with Crippen LogP contribution in [0.4, 0.5) is 0 Å². The van der Waals surface area contributed by atoms with Crippen molar-refractivity contribution in [2.24, 2.45) is 5.73 Å². The molecule has 3 N–H and O–H groups in total. The van der Waals surface area contributed by atoms with Gasteiger partial charge in [0.15, 0.2) is 0 Å². The molecular formula is C41H70NO7P. The van der Waals surface area contributed by atoms with Gasteiger partial charge in [0.25, 0.3) is 0 Å². The summed E-state index contributed by atoms with van der Waals surface area (Å²) in [6, 6.07) is 0. The largest absolute Gasteiger partial charge is 0.472 e. The number of carbonyl (C=O) groups excluding carboxylic acids is 1. The van der Waals surface area contributed by atoms with Gasteiger partial charge in [-0.05, 0) is 77.0 Å². The fourth-order valence-electron chi connectivity index (χ4n) is 4.56. The van der Waals surface area contributed by atoms with Crippen LogP contribution >= 0.6 is 7.82 Å². The van der Waals surface area contributed by atoms with Gasteiger partial charge in [0.1, 0.15) is 6.10 Å². The zero-order valence-electron chi connectivity index (χ0n) is 31.3. The van der Waals surface area contributed by atoms with E-state index in [2.05, 4.69) is 92.8 Å². The lowest BCUT2D eigenvalue weighted by Gasteiger charge is -2.19. The van der Waals surface area contributed by atoms with E-state index in [-0.39, 0.29) is 38.8 Å². The SMILES string of the molecule is CC/C=C\C/C=C\C/C=C\C/C=C\C/C=C\CCOCC(COP(=O)(O)OCCN)OC(=O)CCCCCCC/C=C\C/C=C\CCCCC. The molecule has 0 radical (unpaired) electrons. The topological polar surface area (TPSA) is 117 Å². The third kappa shape index (κ3) is 36.9. The summed E-state index contributed by atoms with van der Waals surface area (Å²) in [7, 11) is -4.30. The van der Waals surface area contributed by atoms with Crippen molar-refractivity contribution in [2.45, 2.75) is 136 Å². The smallest absolute Gasteiger partial charge is 0.457 e. The molecule has 9 heteroatoms. The monoisotopic (exact) mass is 719 g/mol. The molecule has 0 fully saturated rings. The highest BCUT2D eigenvalue weighted by atomic mass is 31.2. The van der Waals surface area contributed by atoms with Gasteiger partial charge in [-0.3, -0.25) is 13.8 Å². The highest BCUT2D eigenvalue weighted by molar-refractivity contribution is 7.47. The third-order valence-electron chi connectivity index (χ3n) is 7.32. The molecule has 0 aromatic rings. The zero-order valence-corrected chi connectivity index (χ0v) is 32.2. The maximum Gasteiger partial charge on any atom is 0.472 e. The number of phosphoric ester groups is 1. The second kappa shape index (κ2) is 37.9. The van der Waals surface area contributed by atoms with Crippen LogP contribution in [0.1, 0.15) is 129 Å². The molecule has 0 spiro atoms. The van der Waals surface area contributed by atoms with Gasteiger partial charge in [0.05, 0.1) is 26.4 Å². The fourth-order valence-corrected chi connectivity index (χ4v) is 5.32. The Labute approximate surface area is 305 Å². The number of phosphoric acid groups is 1. The molecule has 0 rings (SSSR count). The molecule has 0 aliphatic heterocycles. The van der Waals surface area contributed by atoms with Crippen LogP contribution in [0.3, 0.4) is 0 Å². The molecule has 50 heavy (non-hydrogen) atoms. The fraction of sp³-hybridized carbons (Fsp3) is 0.634. The first kappa shape index (κ1) is 47.7. The van der Waals surface area contributed by atoms with Crippen molar-refractivity contribution in [1.82, 2.24) is 0 Å². The van der Waals surface area contributed by atoms with Crippen LogP contribution in [0.25, 0.3) is 0 Å². The molecule has 8 nitrogen and oxygen atoms in total. The Balaban J connectivity index is 4.27. The Morgan fingerprint density at radius 1 is 0.620 bits per heavy atom. The van der Waals surface area contributed by atoms with E-state index in [1.165, 1.54) is 25.7 Å². The molecule has 0 aromatic carbocycles. The van der Waals surface area contributed by atoms with Crippen LogP contribution in [0.2, 0.25) is 0 Å². The Kier molecular flexibility index (Phi) is 36.2. The number of allylic oxidation sites excluding steroid dienone is 13. The van der Waals surface area contributed by atoms with Crippen molar-refractivity contribution in [3.8, 4) is 0 Å². The Hall–Kier alpha value is -2.32. The maximum atomic E-state index is 12.5. The minimum absolute atomic E-state index is 0.0511. The van der Waals surface area contributed by atoms with E-state index in [0.29, 0.717) is 13.0 Å². The predicted molar refractivity (Wildman–Crippen MR) is 210 cm³/mol. The summed E-state index contributed by atoms with van der Waals surface area (Å²) in [5, 5.41) is 0. The summed E-state index contributed by atoms with van der Waals surface area (Å²) in [5.41, 5.74) is 5.35. The maximum absolute atomic E-state index is 12.5. The Morgan fingerprint density at radius 3 is 1.68 bits per heavy atom. The number of ether oxygens (including phenoxy) is 2. The lowest BCUT2D eigenvalue weighted by atomic mass is 10.1. The molecule has 2 atom stereocenters. The normalized spacial score (nSPS) is 14.6. The second-order valence-electron chi connectivity index (χ2n) is 12.1. The predicted octanol–water partition coefficient (Wildman–Crippen LogP) is 11.0. The lowest BCUT2D eigenvalue weighted by molar-refractivity contribution is -0.154. The van der Waals surface area contributed by atoms with E-state index in [1.807, 2.05) is 6.08 Å². The molecule has 286 valence electrons. The number of nitrogens with two attached hydrogens (primary N) is 1.